The molecule has 5 nitrogen and oxygen atoms in total. The van der Waals surface area contributed by atoms with E-state index in [0.717, 1.165) is 11.4 Å². The molecule has 21 heavy (non-hydrogen) atoms. The Kier molecular flexibility index (Phi) is 3.72. The average Bonchev–Trinajstić information content (AvgIpc) is 3.08. The van der Waals surface area contributed by atoms with E-state index in [4.69, 9.17) is 11.6 Å². The number of hydrogen-bond donors (Lipinski definition) is 1. The van der Waals surface area contributed by atoms with E-state index in [1.807, 2.05) is 19.1 Å². The molecule has 2 heterocycles. The third-order valence-corrected chi connectivity index (χ3v) is 3.88. The molecule has 0 fully saturated rings. The van der Waals surface area contributed by atoms with Crippen LogP contribution >= 0.6 is 22.9 Å². The molecular weight excluding hydrogens is 308 g/mol. The Morgan fingerprint density at radius 1 is 1.43 bits per heavy atom. The van der Waals surface area contributed by atoms with Crippen molar-refractivity contribution in [1.29, 1.82) is 0 Å². The van der Waals surface area contributed by atoms with Gasteiger partial charge in [-0.15, -0.1) is 11.3 Å². The van der Waals surface area contributed by atoms with E-state index < -0.39 is 0 Å². The highest BCUT2D eigenvalue weighted by molar-refractivity contribution is 7.13. The Bertz CT molecular complexity index is 782. The molecule has 0 aliphatic heterocycles. The highest BCUT2D eigenvalue weighted by Crippen LogP contribution is 2.19. The van der Waals surface area contributed by atoms with E-state index in [2.05, 4.69) is 15.4 Å². The maximum absolute atomic E-state index is 12.2. The highest BCUT2D eigenvalue weighted by atomic mass is 35.5. The predicted molar refractivity (Wildman–Crippen MR) is 83.4 cm³/mol. The van der Waals surface area contributed by atoms with Gasteiger partial charge in [-0.2, -0.15) is 5.10 Å². The number of nitrogens with zero attached hydrogens (tertiary/aromatic N) is 3. The van der Waals surface area contributed by atoms with Gasteiger partial charge >= 0.3 is 0 Å². The molecule has 0 atom stereocenters. The molecule has 0 saturated carbocycles. The van der Waals surface area contributed by atoms with Gasteiger partial charge in [0.05, 0.1) is 23.1 Å². The zero-order valence-corrected chi connectivity index (χ0v) is 12.6. The molecule has 0 radical (unpaired) electrons. The lowest BCUT2D eigenvalue weighted by Gasteiger charge is -2.06. The number of anilines is 1. The summed E-state index contributed by atoms with van der Waals surface area (Å²) in [5, 5.41) is 9.99. The second-order valence-electron chi connectivity index (χ2n) is 4.33. The number of benzene rings is 1. The largest absolute Gasteiger partial charge is 0.298 e. The number of aromatic nitrogens is 3. The lowest BCUT2D eigenvalue weighted by Crippen LogP contribution is -2.12. The molecular formula is C14H11ClN4OS. The fourth-order valence-corrected chi connectivity index (χ4v) is 2.66. The van der Waals surface area contributed by atoms with Crippen LogP contribution in [0.15, 0.2) is 42.0 Å². The lowest BCUT2D eigenvalue weighted by atomic mass is 10.2. The van der Waals surface area contributed by atoms with Crippen molar-refractivity contribution in [2.24, 2.45) is 0 Å². The molecule has 0 bridgehead atoms. The van der Waals surface area contributed by atoms with Gasteiger partial charge < -0.3 is 0 Å². The summed E-state index contributed by atoms with van der Waals surface area (Å²) in [6.07, 6.45) is 3.18. The van der Waals surface area contributed by atoms with E-state index in [-0.39, 0.29) is 5.91 Å². The van der Waals surface area contributed by atoms with Crippen molar-refractivity contribution >= 4 is 34.0 Å². The summed E-state index contributed by atoms with van der Waals surface area (Å²) >= 11 is 7.35. The Balaban J connectivity index is 1.90. The van der Waals surface area contributed by atoms with Crippen molar-refractivity contribution in [3.05, 3.63) is 58.3 Å². The van der Waals surface area contributed by atoms with Crippen LogP contribution in [-0.2, 0) is 0 Å². The van der Waals surface area contributed by atoms with Crippen LogP contribution in [0.2, 0.25) is 5.02 Å². The Hall–Kier alpha value is -2.18. The molecule has 0 saturated heterocycles. The molecule has 3 rings (SSSR count). The van der Waals surface area contributed by atoms with Crippen LogP contribution in [0.5, 0.6) is 0 Å². The number of amides is 1. The monoisotopic (exact) mass is 318 g/mol. The first kappa shape index (κ1) is 13.8. The maximum Gasteiger partial charge on any atom is 0.260 e. The van der Waals surface area contributed by atoms with E-state index in [1.54, 1.807) is 34.6 Å². The first-order valence-corrected chi connectivity index (χ1v) is 7.42. The lowest BCUT2D eigenvalue weighted by molar-refractivity contribution is 0.102. The topological polar surface area (TPSA) is 59.8 Å². The van der Waals surface area contributed by atoms with Gasteiger partial charge in [0.1, 0.15) is 0 Å². The van der Waals surface area contributed by atoms with Crippen LogP contribution in [0.1, 0.15) is 16.1 Å². The SMILES string of the molecule is Cc1c(C(=O)Nc2nccs2)cnn1-c1cccc(Cl)c1. The number of carbonyl (C=O) groups excluding carboxylic acids is 1. The molecule has 0 aliphatic rings. The number of halogens is 1. The van der Waals surface area contributed by atoms with Crippen LogP contribution in [0.25, 0.3) is 5.69 Å². The van der Waals surface area contributed by atoms with Crippen molar-refractivity contribution in [2.45, 2.75) is 6.92 Å². The fraction of sp³-hybridized carbons (Fsp3) is 0.0714. The van der Waals surface area contributed by atoms with Crippen LogP contribution in [0.4, 0.5) is 5.13 Å². The normalized spacial score (nSPS) is 10.6. The number of carbonyl (C=O) groups is 1. The zero-order chi connectivity index (χ0) is 14.8. The molecule has 0 spiro atoms. The van der Waals surface area contributed by atoms with Gasteiger partial charge in [-0.05, 0) is 25.1 Å². The minimum atomic E-state index is -0.226. The molecule has 1 amide bonds. The number of hydrogen-bond acceptors (Lipinski definition) is 4. The van der Waals surface area contributed by atoms with Gasteiger partial charge in [0.15, 0.2) is 5.13 Å². The molecule has 1 N–H and O–H groups in total. The Morgan fingerprint density at radius 3 is 3.00 bits per heavy atom. The second-order valence-corrected chi connectivity index (χ2v) is 5.66. The second kappa shape index (κ2) is 5.67. The van der Waals surface area contributed by atoms with Crippen molar-refractivity contribution < 1.29 is 4.79 Å². The molecule has 7 heteroatoms. The summed E-state index contributed by atoms with van der Waals surface area (Å²) in [6, 6.07) is 7.31. The molecule has 1 aromatic carbocycles. The van der Waals surface area contributed by atoms with Crippen molar-refractivity contribution in [2.75, 3.05) is 5.32 Å². The van der Waals surface area contributed by atoms with Crippen LogP contribution in [0.3, 0.4) is 0 Å². The first-order chi connectivity index (χ1) is 10.1. The molecule has 3 aromatic rings. The van der Waals surface area contributed by atoms with Gasteiger partial charge in [0.25, 0.3) is 5.91 Å². The van der Waals surface area contributed by atoms with Crippen LogP contribution < -0.4 is 5.32 Å². The maximum atomic E-state index is 12.2. The Morgan fingerprint density at radius 2 is 2.29 bits per heavy atom. The van der Waals surface area contributed by atoms with E-state index >= 15 is 0 Å². The van der Waals surface area contributed by atoms with Gasteiger partial charge in [-0.25, -0.2) is 9.67 Å². The summed E-state index contributed by atoms with van der Waals surface area (Å²) in [5.74, 6) is -0.226. The average molecular weight is 319 g/mol. The number of rotatable bonds is 3. The highest BCUT2D eigenvalue weighted by Gasteiger charge is 2.16. The van der Waals surface area contributed by atoms with Gasteiger partial charge in [-0.3, -0.25) is 10.1 Å². The van der Waals surface area contributed by atoms with Crippen LogP contribution in [-0.4, -0.2) is 20.7 Å². The standard InChI is InChI=1S/C14H11ClN4OS/c1-9-12(13(20)18-14-16-5-6-21-14)8-17-19(9)11-4-2-3-10(15)7-11/h2-8H,1H3,(H,16,18,20). The van der Waals surface area contributed by atoms with E-state index in [0.29, 0.717) is 15.7 Å². The molecule has 0 aliphatic carbocycles. The zero-order valence-electron chi connectivity index (χ0n) is 11.1. The Labute approximate surface area is 130 Å². The smallest absolute Gasteiger partial charge is 0.260 e. The van der Waals surface area contributed by atoms with Crippen molar-refractivity contribution in [1.82, 2.24) is 14.8 Å². The fourth-order valence-electron chi connectivity index (χ4n) is 1.95. The van der Waals surface area contributed by atoms with Crippen molar-refractivity contribution in [3.63, 3.8) is 0 Å². The van der Waals surface area contributed by atoms with E-state index in [9.17, 15) is 4.79 Å². The molecule has 106 valence electrons. The molecule has 0 unspecified atom stereocenters. The van der Waals surface area contributed by atoms with E-state index in [1.165, 1.54) is 11.3 Å². The first-order valence-electron chi connectivity index (χ1n) is 6.16. The third kappa shape index (κ3) is 2.81. The summed E-state index contributed by atoms with van der Waals surface area (Å²) in [5.41, 5.74) is 2.06. The number of nitrogens with one attached hydrogen (secondary N) is 1. The predicted octanol–water partition coefficient (Wildman–Crippen LogP) is 3.54. The van der Waals surface area contributed by atoms with Gasteiger partial charge in [-0.1, -0.05) is 17.7 Å². The minimum Gasteiger partial charge on any atom is -0.298 e. The van der Waals surface area contributed by atoms with Gasteiger partial charge in [0.2, 0.25) is 0 Å². The summed E-state index contributed by atoms with van der Waals surface area (Å²) < 4.78 is 1.68. The molecule has 2 aromatic heterocycles. The summed E-state index contributed by atoms with van der Waals surface area (Å²) in [7, 11) is 0. The number of thiazole rings is 1. The summed E-state index contributed by atoms with van der Waals surface area (Å²) in [6.45, 7) is 1.84. The third-order valence-electron chi connectivity index (χ3n) is 2.96. The van der Waals surface area contributed by atoms with Crippen LogP contribution in [0, 0.1) is 6.92 Å². The van der Waals surface area contributed by atoms with Crippen molar-refractivity contribution in [3.8, 4) is 5.69 Å². The summed E-state index contributed by atoms with van der Waals surface area (Å²) in [4.78, 5) is 16.3. The van der Waals surface area contributed by atoms with Gasteiger partial charge in [0, 0.05) is 16.6 Å². The minimum absolute atomic E-state index is 0.226. The quantitative estimate of drug-likeness (QED) is 0.803.